The molecular formula is C24H28N6O4S. The summed E-state index contributed by atoms with van der Waals surface area (Å²) in [5.41, 5.74) is 1.12. The lowest BCUT2D eigenvalue weighted by Gasteiger charge is -2.36. The van der Waals surface area contributed by atoms with Gasteiger partial charge < -0.3 is 14.3 Å². The second kappa shape index (κ2) is 9.38. The number of pyridine rings is 1. The zero-order valence-electron chi connectivity index (χ0n) is 19.7. The number of hydrogen-bond donors (Lipinski definition) is 1. The highest BCUT2D eigenvalue weighted by Crippen LogP contribution is 2.39. The summed E-state index contributed by atoms with van der Waals surface area (Å²) in [6.45, 7) is 5.56. The van der Waals surface area contributed by atoms with Crippen molar-refractivity contribution < 1.29 is 17.7 Å². The van der Waals surface area contributed by atoms with Crippen LogP contribution in [-0.4, -0.2) is 66.6 Å². The summed E-state index contributed by atoms with van der Waals surface area (Å²) in [5.74, 6) is 1.87. The minimum Gasteiger partial charge on any atom is -0.353 e. The van der Waals surface area contributed by atoms with Crippen molar-refractivity contribution in [1.82, 2.24) is 24.7 Å². The van der Waals surface area contributed by atoms with Crippen molar-refractivity contribution in [2.45, 2.75) is 43.5 Å². The molecule has 0 radical (unpaired) electrons. The van der Waals surface area contributed by atoms with Crippen LogP contribution < -0.4 is 9.62 Å². The molecule has 0 spiro atoms. The molecule has 1 saturated heterocycles. The van der Waals surface area contributed by atoms with Crippen LogP contribution in [0.1, 0.15) is 37.1 Å². The van der Waals surface area contributed by atoms with Crippen molar-refractivity contribution in [3.8, 4) is 11.4 Å². The molecule has 1 aliphatic carbocycles. The first-order chi connectivity index (χ1) is 16.8. The van der Waals surface area contributed by atoms with Crippen molar-refractivity contribution in [2.24, 2.45) is 0 Å². The molecule has 1 amide bonds. The van der Waals surface area contributed by atoms with E-state index in [1.54, 1.807) is 37.1 Å². The third-order valence-corrected chi connectivity index (χ3v) is 8.05. The average Bonchev–Trinajstić information content (AvgIpc) is 3.60. The number of benzene rings is 1. The summed E-state index contributed by atoms with van der Waals surface area (Å²) in [5, 5.41) is 4.01. The summed E-state index contributed by atoms with van der Waals surface area (Å²) in [6, 6.07) is 9.83. The fourth-order valence-corrected chi connectivity index (χ4v) is 5.66. The molecule has 1 aliphatic heterocycles. The van der Waals surface area contributed by atoms with Gasteiger partial charge in [-0.05, 0) is 50.5 Å². The third kappa shape index (κ3) is 5.06. The molecule has 3 aromatic rings. The van der Waals surface area contributed by atoms with Crippen molar-refractivity contribution in [1.29, 1.82) is 0 Å². The highest BCUT2D eigenvalue weighted by Gasteiger charge is 2.31. The smallest absolute Gasteiger partial charge is 0.241 e. The maximum absolute atomic E-state index is 13.2. The number of anilines is 1. The monoisotopic (exact) mass is 496 g/mol. The van der Waals surface area contributed by atoms with Gasteiger partial charge in [0.15, 0.2) is 0 Å². The predicted octanol–water partition coefficient (Wildman–Crippen LogP) is 2.33. The molecule has 184 valence electrons. The van der Waals surface area contributed by atoms with Gasteiger partial charge in [0.2, 0.25) is 27.6 Å². The largest absolute Gasteiger partial charge is 0.353 e. The summed E-state index contributed by atoms with van der Waals surface area (Å²) < 4.78 is 34.3. The first kappa shape index (κ1) is 23.4. The molecule has 1 N–H and O–H groups in total. The van der Waals surface area contributed by atoms with Crippen LogP contribution in [-0.2, 0) is 14.8 Å². The fourth-order valence-electron chi connectivity index (χ4n) is 4.19. The number of rotatable bonds is 7. The van der Waals surface area contributed by atoms with Crippen LogP contribution in [0.15, 0.2) is 52.0 Å². The summed E-state index contributed by atoms with van der Waals surface area (Å²) >= 11 is 0. The van der Waals surface area contributed by atoms with Gasteiger partial charge >= 0.3 is 0 Å². The first-order valence-corrected chi connectivity index (χ1v) is 13.2. The van der Waals surface area contributed by atoms with Crippen molar-refractivity contribution in [2.75, 3.05) is 31.1 Å². The van der Waals surface area contributed by atoms with Gasteiger partial charge in [-0.3, -0.25) is 4.79 Å². The van der Waals surface area contributed by atoms with E-state index in [4.69, 9.17) is 4.52 Å². The molecule has 2 aromatic heterocycles. The summed E-state index contributed by atoms with van der Waals surface area (Å²) in [6.07, 6.45) is 3.80. The van der Waals surface area contributed by atoms with Crippen LogP contribution in [0, 0.1) is 6.92 Å². The number of sulfonamides is 1. The molecule has 5 rings (SSSR count). The lowest BCUT2D eigenvalue weighted by Crippen LogP contribution is -2.54. The van der Waals surface area contributed by atoms with Gasteiger partial charge in [0, 0.05) is 43.9 Å². The summed E-state index contributed by atoms with van der Waals surface area (Å²) in [7, 11) is -3.96. The second-order valence-corrected chi connectivity index (χ2v) is 10.7. The van der Waals surface area contributed by atoms with Gasteiger partial charge in [-0.25, -0.2) is 13.4 Å². The Bertz CT molecular complexity index is 1310. The number of piperazine rings is 1. The van der Waals surface area contributed by atoms with E-state index >= 15 is 0 Å². The van der Waals surface area contributed by atoms with E-state index < -0.39 is 16.1 Å². The standard InChI is InChI=1S/C24H28N6O4S/c1-16-6-7-19(22-26-23(34-27-22)18-8-9-18)15-20(16)35(32,33)28-17(2)24(31)30-13-11-29(12-14-30)21-5-3-4-10-25-21/h3-7,10,15,17-18,28H,8-9,11-14H2,1-2H3/t17-/m1/s1. The van der Waals surface area contributed by atoms with E-state index in [1.807, 2.05) is 18.2 Å². The molecule has 1 atom stereocenters. The van der Waals surface area contributed by atoms with Gasteiger partial charge in [-0.1, -0.05) is 23.4 Å². The number of hydrogen-bond acceptors (Lipinski definition) is 8. The molecular weight excluding hydrogens is 468 g/mol. The normalized spacial score (nSPS) is 17.4. The van der Waals surface area contributed by atoms with Gasteiger partial charge in [-0.2, -0.15) is 9.71 Å². The Labute approximate surface area is 204 Å². The molecule has 10 nitrogen and oxygen atoms in total. The SMILES string of the molecule is Cc1ccc(-c2noc(C3CC3)n2)cc1S(=O)(=O)N[C@H](C)C(=O)N1CCN(c2ccccn2)CC1. The zero-order valence-corrected chi connectivity index (χ0v) is 20.5. The zero-order chi connectivity index (χ0) is 24.6. The molecule has 1 aromatic carbocycles. The Balaban J connectivity index is 1.25. The van der Waals surface area contributed by atoms with E-state index in [-0.39, 0.29) is 10.8 Å². The second-order valence-electron chi connectivity index (χ2n) is 9.05. The molecule has 0 unspecified atom stereocenters. The highest BCUT2D eigenvalue weighted by atomic mass is 32.2. The van der Waals surface area contributed by atoms with Gasteiger partial charge in [0.05, 0.1) is 10.9 Å². The minimum atomic E-state index is -3.96. The first-order valence-electron chi connectivity index (χ1n) is 11.7. The number of amides is 1. The van der Waals surface area contributed by atoms with Crippen LogP contribution in [0.2, 0.25) is 0 Å². The lowest BCUT2D eigenvalue weighted by atomic mass is 10.1. The topological polar surface area (TPSA) is 122 Å². The lowest BCUT2D eigenvalue weighted by molar-refractivity contribution is -0.132. The molecule has 0 bridgehead atoms. The van der Waals surface area contributed by atoms with Crippen LogP contribution in [0.25, 0.3) is 11.4 Å². The van der Waals surface area contributed by atoms with E-state index in [2.05, 4.69) is 24.7 Å². The van der Waals surface area contributed by atoms with Crippen LogP contribution >= 0.6 is 0 Å². The van der Waals surface area contributed by atoms with E-state index in [9.17, 15) is 13.2 Å². The number of aryl methyl sites for hydroxylation is 1. The quantitative estimate of drug-likeness (QED) is 0.529. The Morgan fingerprint density at radius 1 is 1.14 bits per heavy atom. The van der Waals surface area contributed by atoms with Gasteiger partial charge in [0.1, 0.15) is 5.82 Å². The molecule has 11 heteroatoms. The summed E-state index contributed by atoms with van der Waals surface area (Å²) in [4.78, 5) is 25.7. The minimum absolute atomic E-state index is 0.0902. The predicted molar refractivity (Wildman–Crippen MR) is 129 cm³/mol. The number of aromatic nitrogens is 3. The number of carbonyl (C=O) groups excluding carboxylic acids is 1. The highest BCUT2D eigenvalue weighted by molar-refractivity contribution is 7.89. The van der Waals surface area contributed by atoms with Crippen LogP contribution in [0.3, 0.4) is 0 Å². The number of nitrogens with zero attached hydrogens (tertiary/aromatic N) is 5. The van der Waals surface area contributed by atoms with E-state index in [0.29, 0.717) is 54.9 Å². The maximum atomic E-state index is 13.2. The Morgan fingerprint density at radius 2 is 1.91 bits per heavy atom. The molecule has 1 saturated carbocycles. The molecule has 2 fully saturated rings. The molecule has 2 aliphatic rings. The van der Waals surface area contributed by atoms with Crippen molar-refractivity contribution >= 4 is 21.7 Å². The molecule has 35 heavy (non-hydrogen) atoms. The van der Waals surface area contributed by atoms with Gasteiger partial charge in [0.25, 0.3) is 0 Å². The van der Waals surface area contributed by atoms with Crippen LogP contribution in [0.5, 0.6) is 0 Å². The van der Waals surface area contributed by atoms with Crippen molar-refractivity contribution in [3.05, 3.63) is 54.0 Å². The maximum Gasteiger partial charge on any atom is 0.241 e. The fraction of sp³-hybridized carbons (Fsp3) is 0.417. The average molecular weight is 497 g/mol. The van der Waals surface area contributed by atoms with Crippen molar-refractivity contribution in [3.63, 3.8) is 0 Å². The van der Waals surface area contributed by atoms with E-state index in [0.717, 1.165) is 18.7 Å². The number of carbonyl (C=O) groups is 1. The third-order valence-electron chi connectivity index (χ3n) is 6.37. The molecule has 3 heterocycles. The van der Waals surface area contributed by atoms with E-state index in [1.165, 1.54) is 6.07 Å². The van der Waals surface area contributed by atoms with Gasteiger partial charge in [-0.15, -0.1) is 0 Å². The number of nitrogens with one attached hydrogen (secondary N) is 1. The Kier molecular flexibility index (Phi) is 6.28. The Morgan fingerprint density at radius 3 is 2.60 bits per heavy atom. The Hall–Kier alpha value is -3.31. The van der Waals surface area contributed by atoms with Crippen LogP contribution in [0.4, 0.5) is 5.82 Å².